The molecule has 1 N–H and O–H groups in total. The molecule has 1 heterocycles. The van der Waals surface area contributed by atoms with Gasteiger partial charge in [-0.3, -0.25) is 0 Å². The van der Waals surface area contributed by atoms with Gasteiger partial charge < -0.3 is 4.98 Å². The molecule has 0 radical (unpaired) electrons. The average molecular weight is 169 g/mol. The van der Waals surface area contributed by atoms with Gasteiger partial charge in [0, 0.05) is 16.6 Å². The van der Waals surface area contributed by atoms with Crippen molar-refractivity contribution >= 4 is 17.0 Å². The Hall–Kier alpha value is -1.50. The van der Waals surface area contributed by atoms with Crippen LogP contribution < -0.4 is 0 Å². The average Bonchev–Trinajstić information content (AvgIpc) is 2.56. The van der Waals surface area contributed by atoms with Gasteiger partial charge in [-0.05, 0) is 30.5 Å². The van der Waals surface area contributed by atoms with Gasteiger partial charge in [-0.15, -0.1) is 0 Å². The van der Waals surface area contributed by atoms with Crippen molar-refractivity contribution in [3.8, 4) is 0 Å². The van der Waals surface area contributed by atoms with Gasteiger partial charge in [-0.1, -0.05) is 24.3 Å². The third-order valence-electron chi connectivity index (χ3n) is 2.69. The zero-order valence-corrected chi connectivity index (χ0v) is 7.38. The van der Waals surface area contributed by atoms with Crippen LogP contribution >= 0.6 is 0 Å². The number of benzene rings is 1. The number of aromatic amines is 1. The lowest BCUT2D eigenvalue weighted by molar-refractivity contribution is 0.992. The summed E-state index contributed by atoms with van der Waals surface area (Å²) >= 11 is 0. The highest BCUT2D eigenvalue weighted by molar-refractivity contribution is 5.87. The van der Waals surface area contributed by atoms with Gasteiger partial charge in [0.1, 0.15) is 0 Å². The molecule has 0 spiro atoms. The largest absolute Gasteiger partial charge is 0.355 e. The van der Waals surface area contributed by atoms with E-state index in [0.29, 0.717) is 0 Å². The van der Waals surface area contributed by atoms with E-state index in [-0.39, 0.29) is 0 Å². The maximum Gasteiger partial charge on any atom is 0.0461 e. The molecule has 0 amide bonds. The van der Waals surface area contributed by atoms with Gasteiger partial charge in [-0.2, -0.15) is 0 Å². The van der Waals surface area contributed by atoms with Crippen LogP contribution in [0.15, 0.2) is 30.3 Å². The second-order valence-corrected chi connectivity index (χ2v) is 3.50. The predicted octanol–water partition coefficient (Wildman–Crippen LogP) is 3.13. The Balaban J connectivity index is 2.41. The molecule has 1 aromatic carbocycles. The van der Waals surface area contributed by atoms with E-state index in [1.807, 2.05) is 0 Å². The minimum absolute atomic E-state index is 1.18. The van der Waals surface area contributed by atoms with Crippen LogP contribution in [-0.2, 0) is 6.42 Å². The number of fused-ring (bicyclic) bond motifs is 3. The Morgan fingerprint density at radius 2 is 2.08 bits per heavy atom. The summed E-state index contributed by atoms with van der Waals surface area (Å²) in [6.07, 6.45) is 6.78. The monoisotopic (exact) mass is 169 g/mol. The molecule has 0 fully saturated rings. The number of aryl methyl sites for hydroxylation is 1. The van der Waals surface area contributed by atoms with Crippen molar-refractivity contribution < 1.29 is 0 Å². The summed E-state index contributed by atoms with van der Waals surface area (Å²) in [5, 5.41) is 1.39. The standard InChI is InChI=1S/C12H11N/c1-3-7-11-9(5-1)10-6-2-4-8-12(10)13-11/h1,3-5,7-8,13H,2,6H2. The van der Waals surface area contributed by atoms with Crippen molar-refractivity contribution in [3.05, 3.63) is 41.6 Å². The van der Waals surface area contributed by atoms with Gasteiger partial charge in [0.15, 0.2) is 0 Å². The lowest BCUT2D eigenvalue weighted by Gasteiger charge is -2.03. The highest BCUT2D eigenvalue weighted by Crippen LogP contribution is 2.27. The molecule has 1 heteroatoms. The number of H-pyrrole nitrogens is 1. The number of aromatic nitrogens is 1. The third-order valence-corrected chi connectivity index (χ3v) is 2.69. The molecule has 13 heavy (non-hydrogen) atoms. The Morgan fingerprint density at radius 3 is 3.08 bits per heavy atom. The first-order valence-electron chi connectivity index (χ1n) is 4.71. The van der Waals surface area contributed by atoms with Gasteiger partial charge in [0.05, 0.1) is 0 Å². The molecule has 0 saturated carbocycles. The maximum absolute atomic E-state index is 3.43. The first kappa shape index (κ1) is 6.96. The summed E-state index contributed by atoms with van der Waals surface area (Å²) in [7, 11) is 0. The zero-order chi connectivity index (χ0) is 8.67. The second kappa shape index (κ2) is 2.49. The van der Waals surface area contributed by atoms with Crippen molar-refractivity contribution in [2.45, 2.75) is 12.8 Å². The number of nitrogens with one attached hydrogen (secondary N) is 1. The Kier molecular flexibility index (Phi) is 1.33. The molecule has 1 aromatic heterocycles. The number of hydrogen-bond acceptors (Lipinski definition) is 0. The summed E-state index contributed by atoms with van der Waals surface area (Å²) in [6.45, 7) is 0. The molecule has 64 valence electrons. The molecule has 0 bridgehead atoms. The highest BCUT2D eigenvalue weighted by atomic mass is 14.7. The predicted molar refractivity (Wildman–Crippen MR) is 55.7 cm³/mol. The van der Waals surface area contributed by atoms with E-state index >= 15 is 0 Å². The molecule has 0 unspecified atom stereocenters. The van der Waals surface area contributed by atoms with Crippen molar-refractivity contribution in [2.24, 2.45) is 0 Å². The van der Waals surface area contributed by atoms with E-state index in [4.69, 9.17) is 0 Å². The summed E-state index contributed by atoms with van der Waals surface area (Å²) in [4.78, 5) is 3.43. The van der Waals surface area contributed by atoms with Crippen molar-refractivity contribution in [1.82, 2.24) is 4.98 Å². The topological polar surface area (TPSA) is 15.8 Å². The number of para-hydroxylation sites is 1. The number of hydrogen-bond donors (Lipinski definition) is 1. The minimum Gasteiger partial charge on any atom is -0.355 e. The molecule has 1 nitrogen and oxygen atoms in total. The minimum atomic E-state index is 1.18. The second-order valence-electron chi connectivity index (χ2n) is 3.50. The van der Waals surface area contributed by atoms with Gasteiger partial charge in [-0.25, -0.2) is 0 Å². The summed E-state index contributed by atoms with van der Waals surface area (Å²) in [5.74, 6) is 0. The molecule has 3 rings (SSSR count). The fourth-order valence-corrected chi connectivity index (χ4v) is 2.06. The number of allylic oxidation sites excluding steroid dienone is 1. The summed E-state index contributed by atoms with van der Waals surface area (Å²) in [6, 6.07) is 8.52. The van der Waals surface area contributed by atoms with Crippen LogP contribution in [0, 0.1) is 0 Å². The van der Waals surface area contributed by atoms with E-state index in [0.717, 1.165) is 0 Å². The SMILES string of the molecule is C1=Cc2[nH]c3ccccc3c2CC1. The normalized spacial score (nSPS) is 14.8. The molecule has 2 aromatic rings. The van der Waals surface area contributed by atoms with Crippen molar-refractivity contribution in [1.29, 1.82) is 0 Å². The first-order valence-corrected chi connectivity index (χ1v) is 4.71. The molecular weight excluding hydrogens is 158 g/mol. The van der Waals surface area contributed by atoms with Crippen LogP contribution in [0.2, 0.25) is 0 Å². The van der Waals surface area contributed by atoms with E-state index in [1.54, 1.807) is 0 Å². The zero-order valence-electron chi connectivity index (χ0n) is 7.38. The van der Waals surface area contributed by atoms with Gasteiger partial charge in [0.2, 0.25) is 0 Å². The van der Waals surface area contributed by atoms with E-state index < -0.39 is 0 Å². The fraction of sp³-hybridized carbons (Fsp3) is 0.167. The quantitative estimate of drug-likeness (QED) is 0.623. The summed E-state index contributed by atoms with van der Waals surface area (Å²) in [5.41, 5.74) is 4.05. The van der Waals surface area contributed by atoms with Gasteiger partial charge >= 0.3 is 0 Å². The smallest absolute Gasteiger partial charge is 0.0461 e. The molecule has 0 aliphatic heterocycles. The lowest BCUT2D eigenvalue weighted by Crippen LogP contribution is -1.89. The van der Waals surface area contributed by atoms with E-state index in [2.05, 4.69) is 41.4 Å². The van der Waals surface area contributed by atoms with Crippen molar-refractivity contribution in [2.75, 3.05) is 0 Å². The van der Waals surface area contributed by atoms with E-state index in [9.17, 15) is 0 Å². The van der Waals surface area contributed by atoms with Crippen molar-refractivity contribution in [3.63, 3.8) is 0 Å². The first-order chi connectivity index (χ1) is 6.45. The van der Waals surface area contributed by atoms with Gasteiger partial charge in [0.25, 0.3) is 0 Å². The van der Waals surface area contributed by atoms with Crippen LogP contribution in [0.25, 0.3) is 17.0 Å². The number of rotatable bonds is 0. The molecular formula is C12H11N. The van der Waals surface area contributed by atoms with Crippen LogP contribution in [-0.4, -0.2) is 4.98 Å². The highest BCUT2D eigenvalue weighted by Gasteiger charge is 2.10. The van der Waals surface area contributed by atoms with Crippen LogP contribution in [0.3, 0.4) is 0 Å². The molecule has 0 atom stereocenters. The molecule has 0 saturated heterocycles. The summed E-state index contributed by atoms with van der Waals surface area (Å²) < 4.78 is 0. The Bertz CT molecular complexity index is 477. The lowest BCUT2D eigenvalue weighted by atomic mass is 10.0. The molecule has 1 aliphatic carbocycles. The van der Waals surface area contributed by atoms with Crippen LogP contribution in [0.4, 0.5) is 0 Å². The maximum atomic E-state index is 3.43. The van der Waals surface area contributed by atoms with E-state index in [1.165, 1.54) is 35.0 Å². The van der Waals surface area contributed by atoms with Crippen LogP contribution in [0.1, 0.15) is 17.7 Å². The molecule has 1 aliphatic rings. The fourth-order valence-electron chi connectivity index (χ4n) is 2.06. The Morgan fingerprint density at radius 1 is 1.15 bits per heavy atom. The third kappa shape index (κ3) is 0.934. The van der Waals surface area contributed by atoms with Crippen LogP contribution in [0.5, 0.6) is 0 Å². The Labute approximate surface area is 77.1 Å².